The van der Waals surface area contributed by atoms with Gasteiger partial charge in [0.15, 0.2) is 0 Å². The van der Waals surface area contributed by atoms with Gasteiger partial charge in [-0.15, -0.1) is 0 Å². The molecular weight excluding hydrogens is 457 g/mol. The van der Waals surface area contributed by atoms with Crippen molar-refractivity contribution >= 4 is 16.7 Å². The van der Waals surface area contributed by atoms with Gasteiger partial charge in [-0.3, -0.25) is 0 Å². The Hall–Kier alpha value is -3.90. The molecule has 36 heavy (non-hydrogen) atoms. The van der Waals surface area contributed by atoms with Crippen LogP contribution in [0.3, 0.4) is 0 Å². The minimum atomic E-state index is -1.02. The Morgan fingerprint density at radius 1 is 1.03 bits per heavy atom. The van der Waals surface area contributed by atoms with Gasteiger partial charge in [0.05, 0.1) is 7.11 Å². The van der Waals surface area contributed by atoms with Gasteiger partial charge in [-0.25, -0.2) is 9.18 Å². The predicted molar refractivity (Wildman–Crippen MR) is 138 cm³/mol. The number of hydrogen-bond acceptors (Lipinski definition) is 4. The summed E-state index contributed by atoms with van der Waals surface area (Å²) in [7, 11) is 1.50. The van der Waals surface area contributed by atoms with E-state index in [1.165, 1.54) is 13.2 Å². The fourth-order valence-corrected chi connectivity index (χ4v) is 5.22. The Morgan fingerprint density at radius 3 is 2.53 bits per heavy atom. The molecule has 0 saturated carbocycles. The third kappa shape index (κ3) is 4.40. The van der Waals surface area contributed by atoms with Crippen LogP contribution in [0.1, 0.15) is 52.4 Å². The second-order valence-corrected chi connectivity index (χ2v) is 9.11. The molecule has 0 fully saturated rings. The molecule has 3 atom stereocenters. The van der Waals surface area contributed by atoms with Crippen molar-refractivity contribution in [1.29, 1.82) is 0 Å². The van der Waals surface area contributed by atoms with E-state index >= 15 is 0 Å². The van der Waals surface area contributed by atoms with Gasteiger partial charge in [-0.05, 0) is 42.5 Å². The first-order valence-corrected chi connectivity index (χ1v) is 12.0. The van der Waals surface area contributed by atoms with Crippen LogP contribution < -0.4 is 14.8 Å². The van der Waals surface area contributed by atoms with E-state index in [1.54, 1.807) is 18.2 Å². The van der Waals surface area contributed by atoms with Crippen molar-refractivity contribution < 1.29 is 23.8 Å². The molecule has 0 radical (unpaired) electrons. The summed E-state index contributed by atoms with van der Waals surface area (Å²) < 4.78 is 26.2. The Bertz CT molecular complexity index is 1420. The summed E-state index contributed by atoms with van der Waals surface area (Å²) in [6.07, 6.45) is 0.498. The number of carboxylic acid groups (broad SMARTS) is 1. The molecule has 1 aliphatic rings. The molecule has 4 aromatic rings. The topological polar surface area (TPSA) is 67.8 Å². The van der Waals surface area contributed by atoms with Crippen LogP contribution in [-0.4, -0.2) is 30.8 Å². The average Bonchev–Trinajstić information content (AvgIpc) is 2.91. The van der Waals surface area contributed by atoms with Gasteiger partial charge < -0.3 is 19.9 Å². The number of carbonyl (C=O) groups is 1. The molecule has 0 saturated heterocycles. The van der Waals surface area contributed by atoms with Crippen molar-refractivity contribution in [2.45, 2.75) is 31.4 Å². The van der Waals surface area contributed by atoms with Crippen LogP contribution in [0, 0.1) is 5.82 Å². The Balaban J connectivity index is 1.42. The molecule has 5 nitrogen and oxygen atoms in total. The highest BCUT2D eigenvalue weighted by molar-refractivity contribution is 5.91. The maximum Gasteiger partial charge on any atom is 0.339 e. The number of nitrogens with one attached hydrogen (secondary N) is 1. The lowest BCUT2D eigenvalue weighted by atomic mass is 9.83. The van der Waals surface area contributed by atoms with E-state index in [9.17, 15) is 14.3 Å². The van der Waals surface area contributed by atoms with Crippen LogP contribution in [-0.2, 0) is 0 Å². The number of hydrogen-bond donors (Lipinski definition) is 2. The van der Waals surface area contributed by atoms with Gasteiger partial charge >= 0.3 is 5.97 Å². The van der Waals surface area contributed by atoms with Gasteiger partial charge in [-0.2, -0.15) is 0 Å². The zero-order chi connectivity index (χ0) is 25.2. The first-order valence-electron chi connectivity index (χ1n) is 12.0. The SMILES string of the molecule is COc1c(C(=O)O)cccc1[C@H]1C[C@H](CN[C@H](C)c2ccc(F)c3ccccc23)Oc2ccccc21. The number of rotatable bonds is 7. The van der Waals surface area contributed by atoms with Crippen molar-refractivity contribution in [3.8, 4) is 11.5 Å². The van der Waals surface area contributed by atoms with Gasteiger partial charge in [-0.1, -0.05) is 60.7 Å². The largest absolute Gasteiger partial charge is 0.496 e. The third-order valence-corrected chi connectivity index (χ3v) is 6.96. The van der Waals surface area contributed by atoms with E-state index in [0.717, 1.165) is 27.8 Å². The molecule has 1 heterocycles. The number of para-hydroxylation sites is 2. The lowest BCUT2D eigenvalue weighted by Crippen LogP contribution is -2.37. The van der Waals surface area contributed by atoms with Crippen molar-refractivity contribution in [1.82, 2.24) is 5.32 Å². The fraction of sp³-hybridized carbons (Fsp3) is 0.233. The summed E-state index contributed by atoms with van der Waals surface area (Å²) in [5.41, 5.74) is 3.00. The molecule has 0 aliphatic carbocycles. The van der Waals surface area contributed by atoms with Crippen LogP contribution in [0.4, 0.5) is 4.39 Å². The van der Waals surface area contributed by atoms with E-state index in [1.807, 2.05) is 54.6 Å². The maximum absolute atomic E-state index is 14.3. The average molecular weight is 486 g/mol. The third-order valence-electron chi connectivity index (χ3n) is 6.96. The van der Waals surface area contributed by atoms with Crippen LogP contribution >= 0.6 is 0 Å². The monoisotopic (exact) mass is 485 g/mol. The van der Waals surface area contributed by atoms with E-state index in [-0.39, 0.29) is 29.4 Å². The summed E-state index contributed by atoms with van der Waals surface area (Å²) in [4.78, 5) is 11.8. The van der Waals surface area contributed by atoms with Crippen molar-refractivity contribution in [2.24, 2.45) is 0 Å². The van der Waals surface area contributed by atoms with Crippen molar-refractivity contribution in [3.63, 3.8) is 0 Å². The van der Waals surface area contributed by atoms with Crippen LogP contribution in [0.25, 0.3) is 10.8 Å². The number of aromatic carboxylic acids is 1. The highest BCUT2D eigenvalue weighted by atomic mass is 19.1. The Morgan fingerprint density at radius 2 is 1.75 bits per heavy atom. The minimum Gasteiger partial charge on any atom is -0.496 e. The molecule has 0 unspecified atom stereocenters. The number of methoxy groups -OCH3 is 1. The Labute approximate surface area is 209 Å². The molecule has 1 aliphatic heterocycles. The molecule has 0 aromatic heterocycles. The van der Waals surface area contributed by atoms with E-state index in [4.69, 9.17) is 9.47 Å². The number of fused-ring (bicyclic) bond motifs is 2. The molecule has 4 aromatic carbocycles. The molecule has 6 heteroatoms. The second kappa shape index (κ2) is 9.99. The summed E-state index contributed by atoms with van der Waals surface area (Å²) >= 11 is 0. The van der Waals surface area contributed by atoms with E-state index in [0.29, 0.717) is 24.1 Å². The normalized spacial score (nSPS) is 17.8. The lowest BCUT2D eigenvalue weighted by Gasteiger charge is -2.34. The standard InChI is InChI=1S/C30H28FNO4/c1-18(20-14-15-27(31)22-9-4-3-8-21(20)22)32-17-19-16-26(23-10-5-6-13-28(23)36-19)24-11-7-12-25(30(33)34)29(24)35-2/h3-15,18-19,26,32H,16-17H2,1-2H3,(H,33,34)/t18-,19-,26+/m1/s1. The molecular formula is C30H28FNO4. The van der Waals surface area contributed by atoms with Gasteiger partial charge in [0.25, 0.3) is 0 Å². The summed E-state index contributed by atoms with van der Waals surface area (Å²) in [6, 6.07) is 23.9. The summed E-state index contributed by atoms with van der Waals surface area (Å²) in [6.45, 7) is 2.63. The molecule has 0 bridgehead atoms. The summed E-state index contributed by atoms with van der Waals surface area (Å²) in [5.74, 6) is -0.174. The second-order valence-electron chi connectivity index (χ2n) is 9.11. The van der Waals surface area contributed by atoms with Gasteiger partial charge in [0, 0.05) is 35.0 Å². The first kappa shape index (κ1) is 23.8. The van der Waals surface area contributed by atoms with E-state index < -0.39 is 5.97 Å². The number of halogens is 1. The predicted octanol–water partition coefficient (Wildman–Crippen LogP) is 6.32. The van der Waals surface area contributed by atoms with Crippen molar-refractivity contribution in [3.05, 3.63) is 107 Å². The molecule has 5 rings (SSSR count). The quantitative estimate of drug-likeness (QED) is 0.321. The fourth-order valence-electron chi connectivity index (χ4n) is 5.22. The Kier molecular flexibility index (Phi) is 6.61. The zero-order valence-electron chi connectivity index (χ0n) is 20.2. The van der Waals surface area contributed by atoms with Crippen LogP contribution in [0.15, 0.2) is 78.9 Å². The first-order chi connectivity index (χ1) is 17.5. The smallest absolute Gasteiger partial charge is 0.339 e. The van der Waals surface area contributed by atoms with Crippen LogP contribution in [0.2, 0.25) is 0 Å². The highest BCUT2D eigenvalue weighted by Crippen LogP contribution is 2.44. The molecule has 184 valence electrons. The van der Waals surface area contributed by atoms with E-state index in [2.05, 4.69) is 12.2 Å². The molecule has 0 amide bonds. The number of carboxylic acids is 1. The number of ether oxygens (including phenoxy) is 2. The van der Waals surface area contributed by atoms with Gasteiger partial charge in [0.2, 0.25) is 0 Å². The molecule has 0 spiro atoms. The van der Waals surface area contributed by atoms with Crippen molar-refractivity contribution in [2.75, 3.05) is 13.7 Å². The lowest BCUT2D eigenvalue weighted by molar-refractivity contribution is 0.0693. The number of benzene rings is 4. The zero-order valence-corrected chi connectivity index (χ0v) is 20.2. The maximum atomic E-state index is 14.3. The minimum absolute atomic E-state index is 0.0282. The highest BCUT2D eigenvalue weighted by Gasteiger charge is 2.32. The molecule has 2 N–H and O–H groups in total. The summed E-state index contributed by atoms with van der Waals surface area (Å²) in [5, 5.41) is 14.7. The van der Waals surface area contributed by atoms with Crippen LogP contribution in [0.5, 0.6) is 11.5 Å². The van der Waals surface area contributed by atoms with Gasteiger partial charge in [0.1, 0.15) is 29.0 Å².